The van der Waals surface area contributed by atoms with E-state index in [1.54, 1.807) is 6.26 Å². The number of furan rings is 1. The fourth-order valence-corrected chi connectivity index (χ4v) is 4.59. The van der Waals surface area contributed by atoms with Gasteiger partial charge in [0.05, 0.1) is 25.1 Å². The third-order valence-electron chi connectivity index (χ3n) is 5.90. The van der Waals surface area contributed by atoms with E-state index in [4.69, 9.17) is 9.15 Å². The van der Waals surface area contributed by atoms with E-state index in [9.17, 15) is 5.11 Å². The Morgan fingerprint density at radius 3 is 2.54 bits per heavy atom. The predicted octanol–water partition coefficient (Wildman–Crippen LogP) is 3.68. The zero-order chi connectivity index (χ0) is 17.6. The first kappa shape index (κ1) is 16.1. The van der Waals surface area contributed by atoms with Gasteiger partial charge in [-0.05, 0) is 42.2 Å². The third kappa shape index (κ3) is 2.75. The maximum absolute atomic E-state index is 11.5. The summed E-state index contributed by atoms with van der Waals surface area (Å²) in [4.78, 5) is 2.52. The molecule has 2 aliphatic rings. The van der Waals surface area contributed by atoms with Gasteiger partial charge in [0, 0.05) is 24.0 Å². The Balaban J connectivity index is 1.43. The zero-order valence-electron chi connectivity index (χ0n) is 14.7. The lowest BCUT2D eigenvalue weighted by molar-refractivity contribution is -0.149. The highest BCUT2D eigenvalue weighted by molar-refractivity contribution is 5.78. The highest BCUT2D eigenvalue weighted by atomic mass is 16.5. The summed E-state index contributed by atoms with van der Waals surface area (Å²) in [6.45, 7) is 2.27. The predicted molar refractivity (Wildman–Crippen MR) is 99.7 cm³/mol. The number of hydrogen-bond donors (Lipinski definition) is 1. The molecule has 0 amide bonds. The maximum atomic E-state index is 11.5. The smallest absolute Gasteiger partial charge is 0.133 e. The van der Waals surface area contributed by atoms with E-state index >= 15 is 0 Å². The minimum Gasteiger partial charge on any atom is -0.464 e. The van der Waals surface area contributed by atoms with Crippen molar-refractivity contribution < 1.29 is 14.3 Å². The van der Waals surface area contributed by atoms with Crippen LogP contribution >= 0.6 is 0 Å². The lowest BCUT2D eigenvalue weighted by Gasteiger charge is -2.52. The number of aliphatic hydroxyl groups is 1. The molecule has 2 aliphatic heterocycles. The summed E-state index contributed by atoms with van der Waals surface area (Å²) in [5, 5.41) is 12.6. The van der Waals surface area contributed by atoms with Crippen LogP contribution in [0.1, 0.15) is 24.0 Å². The van der Waals surface area contributed by atoms with Gasteiger partial charge in [0.1, 0.15) is 5.58 Å². The molecule has 2 bridgehead atoms. The Bertz CT molecular complexity index is 890. The largest absolute Gasteiger partial charge is 0.464 e. The van der Waals surface area contributed by atoms with Crippen LogP contribution in [0.25, 0.3) is 11.0 Å². The van der Waals surface area contributed by atoms with Crippen molar-refractivity contribution in [2.75, 3.05) is 13.2 Å². The summed E-state index contributed by atoms with van der Waals surface area (Å²) >= 11 is 0. The van der Waals surface area contributed by atoms with Gasteiger partial charge in [-0.25, -0.2) is 0 Å². The van der Waals surface area contributed by atoms with Crippen molar-refractivity contribution in [2.24, 2.45) is 0 Å². The molecule has 2 atom stereocenters. The summed E-state index contributed by atoms with van der Waals surface area (Å²) in [5.41, 5.74) is 2.36. The number of rotatable bonds is 3. The Kier molecular flexibility index (Phi) is 3.85. The number of morpholine rings is 1. The summed E-state index contributed by atoms with van der Waals surface area (Å²) in [6.07, 6.45) is 3.09. The molecule has 1 N–H and O–H groups in total. The van der Waals surface area contributed by atoms with Crippen molar-refractivity contribution in [3.63, 3.8) is 0 Å². The van der Waals surface area contributed by atoms with Crippen LogP contribution in [0.2, 0.25) is 0 Å². The molecule has 2 saturated heterocycles. The summed E-state index contributed by atoms with van der Waals surface area (Å²) in [6, 6.07) is 19.0. The van der Waals surface area contributed by atoms with E-state index in [1.165, 1.54) is 5.56 Å². The maximum Gasteiger partial charge on any atom is 0.133 e. The van der Waals surface area contributed by atoms with E-state index in [0.29, 0.717) is 26.1 Å². The van der Waals surface area contributed by atoms with Crippen molar-refractivity contribution in [1.82, 2.24) is 4.90 Å². The highest BCUT2D eigenvalue weighted by Crippen LogP contribution is 2.42. The van der Waals surface area contributed by atoms with Crippen molar-refractivity contribution in [3.8, 4) is 0 Å². The third-order valence-corrected chi connectivity index (χ3v) is 5.90. The topological polar surface area (TPSA) is 45.8 Å². The Labute approximate surface area is 153 Å². The molecule has 0 saturated carbocycles. The van der Waals surface area contributed by atoms with Crippen LogP contribution in [0.3, 0.4) is 0 Å². The first-order chi connectivity index (χ1) is 12.7. The Hall–Kier alpha value is -2.14. The molecule has 0 spiro atoms. The molecule has 2 aromatic carbocycles. The van der Waals surface area contributed by atoms with Crippen molar-refractivity contribution in [1.29, 1.82) is 0 Å². The van der Waals surface area contributed by atoms with E-state index in [0.717, 1.165) is 23.1 Å². The minimum absolute atomic E-state index is 0.229. The Morgan fingerprint density at radius 1 is 1.00 bits per heavy atom. The number of benzene rings is 2. The normalized spacial score (nSPS) is 29.1. The van der Waals surface area contributed by atoms with Gasteiger partial charge in [0.15, 0.2) is 0 Å². The fourth-order valence-electron chi connectivity index (χ4n) is 4.59. The second kappa shape index (κ2) is 6.23. The molecule has 0 radical (unpaired) electrons. The molecule has 4 nitrogen and oxygen atoms in total. The molecular formula is C22H23NO3. The van der Waals surface area contributed by atoms with E-state index < -0.39 is 5.60 Å². The van der Waals surface area contributed by atoms with Crippen molar-refractivity contribution in [2.45, 2.75) is 37.1 Å². The van der Waals surface area contributed by atoms with Crippen LogP contribution in [0.5, 0.6) is 0 Å². The average Bonchev–Trinajstić information content (AvgIpc) is 3.11. The van der Waals surface area contributed by atoms with Gasteiger partial charge in [-0.3, -0.25) is 4.90 Å². The average molecular weight is 349 g/mol. The molecule has 0 aliphatic carbocycles. The van der Waals surface area contributed by atoms with Crippen LogP contribution < -0.4 is 0 Å². The SMILES string of the molecule is OC1(c2ccc3occc3c2)CC2COCC(C1)N2Cc1ccccc1. The minimum atomic E-state index is -0.808. The molecule has 3 heterocycles. The number of fused-ring (bicyclic) bond motifs is 3. The molecule has 3 aromatic rings. The van der Waals surface area contributed by atoms with Gasteiger partial charge in [0.2, 0.25) is 0 Å². The van der Waals surface area contributed by atoms with Gasteiger partial charge < -0.3 is 14.3 Å². The second-order valence-corrected chi connectivity index (χ2v) is 7.62. The fraction of sp³-hybridized carbons (Fsp3) is 0.364. The van der Waals surface area contributed by atoms with Gasteiger partial charge >= 0.3 is 0 Å². The van der Waals surface area contributed by atoms with Gasteiger partial charge in [0.25, 0.3) is 0 Å². The lowest BCUT2D eigenvalue weighted by atomic mass is 9.76. The van der Waals surface area contributed by atoms with Crippen molar-refractivity contribution in [3.05, 3.63) is 72.0 Å². The molecular weight excluding hydrogens is 326 g/mol. The first-order valence-corrected chi connectivity index (χ1v) is 9.29. The molecule has 5 rings (SSSR count). The van der Waals surface area contributed by atoms with Crippen LogP contribution in [0, 0.1) is 0 Å². The second-order valence-electron chi connectivity index (χ2n) is 7.62. The number of piperidine rings is 1. The van der Waals surface area contributed by atoms with Gasteiger partial charge in [-0.2, -0.15) is 0 Å². The number of hydrogen-bond acceptors (Lipinski definition) is 4. The van der Waals surface area contributed by atoms with Crippen LogP contribution in [-0.2, 0) is 16.9 Å². The lowest BCUT2D eigenvalue weighted by Crippen LogP contribution is -2.60. The molecule has 134 valence electrons. The van der Waals surface area contributed by atoms with Crippen LogP contribution in [0.15, 0.2) is 65.3 Å². The van der Waals surface area contributed by atoms with Crippen LogP contribution in [-0.4, -0.2) is 35.3 Å². The van der Waals surface area contributed by atoms with Gasteiger partial charge in [-0.15, -0.1) is 0 Å². The quantitative estimate of drug-likeness (QED) is 0.783. The first-order valence-electron chi connectivity index (χ1n) is 9.29. The van der Waals surface area contributed by atoms with E-state index in [2.05, 4.69) is 41.3 Å². The molecule has 1 aromatic heterocycles. The standard InChI is InChI=1S/C22H23NO3/c24-22(18-6-7-21-17(10-18)8-9-26-21)11-19-14-25-15-20(12-22)23(19)13-16-4-2-1-3-5-16/h1-10,19-20,24H,11-15H2. The van der Waals surface area contributed by atoms with Gasteiger partial charge in [-0.1, -0.05) is 36.4 Å². The van der Waals surface area contributed by atoms with Crippen molar-refractivity contribution >= 4 is 11.0 Å². The van der Waals surface area contributed by atoms with E-state index in [-0.39, 0.29) is 12.1 Å². The summed E-state index contributed by atoms with van der Waals surface area (Å²) in [7, 11) is 0. The molecule has 2 unspecified atom stereocenters. The zero-order valence-corrected chi connectivity index (χ0v) is 14.7. The molecule has 4 heteroatoms. The van der Waals surface area contributed by atoms with Crippen LogP contribution in [0.4, 0.5) is 0 Å². The monoisotopic (exact) mass is 349 g/mol. The number of nitrogens with zero attached hydrogens (tertiary/aromatic N) is 1. The summed E-state index contributed by atoms with van der Waals surface area (Å²) < 4.78 is 11.3. The number of ether oxygens (including phenoxy) is 1. The Morgan fingerprint density at radius 2 is 1.77 bits per heavy atom. The molecule has 26 heavy (non-hydrogen) atoms. The summed E-state index contributed by atoms with van der Waals surface area (Å²) in [5.74, 6) is 0. The highest BCUT2D eigenvalue weighted by Gasteiger charge is 2.46. The van der Waals surface area contributed by atoms with E-state index in [1.807, 2.05) is 18.2 Å². The molecule has 2 fully saturated rings.